The van der Waals surface area contributed by atoms with E-state index in [0.717, 1.165) is 17.3 Å². The molecule has 1 fully saturated rings. The van der Waals surface area contributed by atoms with Gasteiger partial charge in [-0.3, -0.25) is 4.84 Å². The first-order valence-corrected chi connectivity index (χ1v) is 5.20. The third-order valence-electron chi connectivity index (χ3n) is 1.61. The molecule has 0 unspecified atom stereocenters. The first-order valence-electron chi connectivity index (χ1n) is 3.69. The van der Waals surface area contributed by atoms with Gasteiger partial charge < -0.3 is 0 Å². The zero-order valence-corrected chi connectivity index (χ0v) is 7.60. The monoisotopic (exact) mass is 179 g/mol. The molecule has 11 heavy (non-hydrogen) atoms. The van der Waals surface area contributed by atoms with Gasteiger partial charge in [0.25, 0.3) is 0 Å². The van der Waals surface area contributed by atoms with Gasteiger partial charge in [0.2, 0.25) is 10.0 Å². The van der Waals surface area contributed by atoms with E-state index < -0.39 is 10.0 Å². The molecule has 1 saturated carbocycles. The van der Waals surface area contributed by atoms with E-state index >= 15 is 0 Å². The third-order valence-corrected chi connectivity index (χ3v) is 3.75. The Morgan fingerprint density at radius 3 is 2.45 bits per heavy atom. The zero-order chi connectivity index (χ0) is 8.48. The van der Waals surface area contributed by atoms with Crippen LogP contribution in [0.4, 0.5) is 0 Å². The first kappa shape index (κ1) is 8.96. The molecule has 0 bridgehead atoms. The van der Waals surface area contributed by atoms with Crippen LogP contribution in [0.3, 0.4) is 0 Å². The quantitative estimate of drug-likeness (QED) is 0.585. The summed E-state index contributed by atoms with van der Waals surface area (Å²) in [5, 5.41) is -0.181. The molecule has 1 aliphatic rings. The Morgan fingerprint density at radius 1 is 1.55 bits per heavy atom. The normalized spacial score (nSPS) is 19.2. The number of rotatable bonds is 4. The Kier molecular flexibility index (Phi) is 2.51. The maximum absolute atomic E-state index is 11.3. The molecule has 0 aromatic heterocycles. The topological polar surface area (TPSA) is 46.6 Å². The molecule has 66 valence electrons. The van der Waals surface area contributed by atoms with Crippen LogP contribution in [0.1, 0.15) is 19.8 Å². The van der Waals surface area contributed by atoms with Crippen LogP contribution in [-0.2, 0) is 14.9 Å². The molecule has 0 N–H and O–H groups in total. The molecule has 5 heteroatoms. The summed E-state index contributed by atoms with van der Waals surface area (Å²) in [5.74, 6) is 0. The van der Waals surface area contributed by atoms with E-state index in [0.29, 0.717) is 6.61 Å². The maximum atomic E-state index is 11.3. The van der Waals surface area contributed by atoms with Crippen molar-refractivity contribution < 1.29 is 13.3 Å². The van der Waals surface area contributed by atoms with E-state index in [-0.39, 0.29) is 5.25 Å². The van der Waals surface area contributed by atoms with E-state index in [1.807, 2.05) is 0 Å². The van der Waals surface area contributed by atoms with Gasteiger partial charge in [0, 0.05) is 7.05 Å². The second-order valence-electron chi connectivity index (χ2n) is 2.57. The second kappa shape index (κ2) is 3.08. The minimum Gasteiger partial charge on any atom is -0.285 e. The second-order valence-corrected chi connectivity index (χ2v) is 4.78. The molecule has 4 nitrogen and oxygen atoms in total. The molecule has 0 radical (unpaired) electrons. The van der Waals surface area contributed by atoms with Crippen molar-refractivity contribution in [3.8, 4) is 0 Å². The van der Waals surface area contributed by atoms with Crippen molar-refractivity contribution in [1.82, 2.24) is 4.47 Å². The van der Waals surface area contributed by atoms with Crippen molar-refractivity contribution in [1.29, 1.82) is 0 Å². The SMILES string of the molecule is CCON(C)S(=O)(=O)C1CC1. The van der Waals surface area contributed by atoms with Gasteiger partial charge in [-0.15, -0.1) is 0 Å². The Morgan fingerprint density at radius 2 is 2.09 bits per heavy atom. The summed E-state index contributed by atoms with van der Waals surface area (Å²) in [6, 6.07) is 0. The van der Waals surface area contributed by atoms with E-state index in [4.69, 9.17) is 4.84 Å². The Labute approximate surface area is 67.1 Å². The van der Waals surface area contributed by atoms with E-state index in [1.165, 1.54) is 7.05 Å². The van der Waals surface area contributed by atoms with Gasteiger partial charge in [0.15, 0.2) is 0 Å². The van der Waals surface area contributed by atoms with Crippen molar-refractivity contribution in [3.63, 3.8) is 0 Å². The molecular formula is C6H13NO3S. The molecule has 1 rings (SSSR count). The summed E-state index contributed by atoms with van der Waals surface area (Å²) in [5.41, 5.74) is 0. The van der Waals surface area contributed by atoms with Crippen LogP contribution in [0.5, 0.6) is 0 Å². The zero-order valence-electron chi connectivity index (χ0n) is 6.78. The lowest BCUT2D eigenvalue weighted by molar-refractivity contribution is -0.0579. The number of hydrogen-bond donors (Lipinski definition) is 0. The lowest BCUT2D eigenvalue weighted by Crippen LogP contribution is -2.30. The number of sulfonamides is 1. The van der Waals surface area contributed by atoms with Crippen molar-refractivity contribution >= 4 is 10.0 Å². The molecule has 0 amide bonds. The summed E-state index contributed by atoms with van der Waals surface area (Å²) in [4.78, 5) is 4.85. The number of hydrogen-bond acceptors (Lipinski definition) is 3. The number of nitrogens with zero attached hydrogens (tertiary/aromatic N) is 1. The van der Waals surface area contributed by atoms with Gasteiger partial charge in [0.05, 0.1) is 11.9 Å². The molecule has 0 aromatic carbocycles. The molecular weight excluding hydrogens is 166 g/mol. The number of hydroxylamine groups is 1. The van der Waals surface area contributed by atoms with Gasteiger partial charge in [-0.1, -0.05) is 4.47 Å². The van der Waals surface area contributed by atoms with Gasteiger partial charge in [-0.25, -0.2) is 8.42 Å². The lowest BCUT2D eigenvalue weighted by atomic mass is 10.9. The van der Waals surface area contributed by atoms with E-state index in [9.17, 15) is 8.42 Å². The Balaban J connectivity index is 2.56. The summed E-state index contributed by atoms with van der Waals surface area (Å²) in [6.07, 6.45) is 1.56. The summed E-state index contributed by atoms with van der Waals surface area (Å²) >= 11 is 0. The smallest absolute Gasteiger partial charge is 0.238 e. The predicted molar refractivity (Wildman–Crippen MR) is 41.3 cm³/mol. The van der Waals surface area contributed by atoms with Crippen LogP contribution in [-0.4, -0.2) is 31.8 Å². The third kappa shape index (κ3) is 1.91. The molecule has 0 atom stereocenters. The van der Waals surface area contributed by atoms with Crippen molar-refractivity contribution in [2.24, 2.45) is 0 Å². The van der Waals surface area contributed by atoms with Crippen LogP contribution in [0.25, 0.3) is 0 Å². The molecule has 0 spiro atoms. The summed E-state index contributed by atoms with van der Waals surface area (Å²) in [6.45, 7) is 2.15. The molecule has 1 aliphatic carbocycles. The van der Waals surface area contributed by atoms with Crippen molar-refractivity contribution in [3.05, 3.63) is 0 Å². The predicted octanol–water partition coefficient (Wildman–Crippen LogP) is 0.362. The minimum absolute atomic E-state index is 0.181. The van der Waals surface area contributed by atoms with Crippen LogP contribution < -0.4 is 0 Å². The van der Waals surface area contributed by atoms with Crippen LogP contribution in [0.2, 0.25) is 0 Å². The highest BCUT2D eigenvalue weighted by Gasteiger charge is 2.39. The highest BCUT2D eigenvalue weighted by molar-refractivity contribution is 7.89. The van der Waals surface area contributed by atoms with E-state index in [1.54, 1.807) is 6.92 Å². The molecule has 0 aliphatic heterocycles. The highest BCUT2D eigenvalue weighted by atomic mass is 32.2. The Hall–Kier alpha value is -0.130. The fourth-order valence-electron chi connectivity index (χ4n) is 0.831. The average Bonchev–Trinajstić information content (AvgIpc) is 2.68. The van der Waals surface area contributed by atoms with Crippen molar-refractivity contribution in [2.45, 2.75) is 25.0 Å². The lowest BCUT2D eigenvalue weighted by Gasteiger charge is -2.14. The van der Waals surface area contributed by atoms with Crippen molar-refractivity contribution in [2.75, 3.05) is 13.7 Å². The fraction of sp³-hybridized carbons (Fsp3) is 1.00. The summed E-state index contributed by atoms with van der Waals surface area (Å²) < 4.78 is 23.5. The van der Waals surface area contributed by atoms with Crippen LogP contribution in [0.15, 0.2) is 0 Å². The maximum Gasteiger partial charge on any atom is 0.238 e. The largest absolute Gasteiger partial charge is 0.285 e. The van der Waals surface area contributed by atoms with Crippen LogP contribution >= 0.6 is 0 Å². The first-order chi connectivity index (χ1) is 5.09. The standard InChI is InChI=1S/C6H13NO3S/c1-3-10-7(2)11(8,9)6-4-5-6/h6H,3-5H2,1-2H3. The van der Waals surface area contributed by atoms with Crippen LogP contribution in [0, 0.1) is 0 Å². The fourth-order valence-corrected chi connectivity index (χ4v) is 2.24. The van der Waals surface area contributed by atoms with Gasteiger partial charge in [-0.05, 0) is 19.8 Å². The molecule has 0 aromatic rings. The highest BCUT2D eigenvalue weighted by Crippen LogP contribution is 2.30. The van der Waals surface area contributed by atoms with Gasteiger partial charge in [-0.2, -0.15) is 0 Å². The average molecular weight is 179 g/mol. The molecule has 0 saturated heterocycles. The van der Waals surface area contributed by atoms with Gasteiger partial charge >= 0.3 is 0 Å². The Bertz CT molecular complexity index is 220. The minimum atomic E-state index is -3.12. The van der Waals surface area contributed by atoms with E-state index in [2.05, 4.69) is 0 Å². The van der Waals surface area contributed by atoms with Gasteiger partial charge in [0.1, 0.15) is 0 Å². The summed E-state index contributed by atoms with van der Waals surface area (Å²) in [7, 11) is -1.68. The molecule has 0 heterocycles.